The van der Waals surface area contributed by atoms with Crippen LogP contribution < -0.4 is 0 Å². The SMILES string of the molecule is Oc1ccccc1Cc1nc(C(O)O)cs1. The van der Waals surface area contributed by atoms with Crippen LogP contribution in [0, 0.1) is 0 Å². The van der Waals surface area contributed by atoms with Crippen LogP contribution in [0.15, 0.2) is 29.6 Å². The number of phenolic OH excluding ortho intramolecular Hbond substituents is 1. The molecule has 0 amide bonds. The van der Waals surface area contributed by atoms with Gasteiger partial charge < -0.3 is 15.3 Å². The largest absolute Gasteiger partial charge is 0.508 e. The molecule has 0 aliphatic carbocycles. The molecule has 0 spiro atoms. The van der Waals surface area contributed by atoms with Crippen molar-refractivity contribution >= 4 is 11.3 Å². The van der Waals surface area contributed by atoms with Crippen LogP contribution in [0.1, 0.15) is 22.6 Å². The molecule has 2 rings (SSSR count). The second kappa shape index (κ2) is 4.61. The highest BCUT2D eigenvalue weighted by molar-refractivity contribution is 7.09. The van der Waals surface area contributed by atoms with Crippen molar-refractivity contribution in [1.29, 1.82) is 0 Å². The monoisotopic (exact) mass is 237 g/mol. The molecule has 0 fully saturated rings. The van der Waals surface area contributed by atoms with Gasteiger partial charge in [0.05, 0.1) is 5.01 Å². The molecule has 0 atom stereocenters. The highest BCUT2D eigenvalue weighted by Gasteiger charge is 2.09. The minimum absolute atomic E-state index is 0.226. The fraction of sp³-hybridized carbons (Fsp3) is 0.182. The maximum absolute atomic E-state index is 9.57. The number of benzene rings is 1. The van der Waals surface area contributed by atoms with Gasteiger partial charge in [0.1, 0.15) is 11.4 Å². The Morgan fingerprint density at radius 2 is 2.00 bits per heavy atom. The maximum atomic E-state index is 9.57. The first-order valence-corrected chi connectivity index (χ1v) is 5.62. The molecule has 0 saturated carbocycles. The maximum Gasteiger partial charge on any atom is 0.196 e. The lowest BCUT2D eigenvalue weighted by molar-refractivity contribution is -0.0454. The number of hydrogen-bond acceptors (Lipinski definition) is 5. The molecule has 2 aromatic rings. The van der Waals surface area contributed by atoms with Gasteiger partial charge in [-0.2, -0.15) is 0 Å². The first-order chi connectivity index (χ1) is 7.66. The number of nitrogens with zero attached hydrogens (tertiary/aromatic N) is 1. The van der Waals surface area contributed by atoms with E-state index in [1.807, 2.05) is 12.1 Å². The molecule has 0 radical (unpaired) electrons. The number of para-hydroxylation sites is 1. The van der Waals surface area contributed by atoms with Crippen molar-refractivity contribution in [3.63, 3.8) is 0 Å². The molecular weight excluding hydrogens is 226 g/mol. The van der Waals surface area contributed by atoms with Gasteiger partial charge in [-0.3, -0.25) is 0 Å². The highest BCUT2D eigenvalue weighted by atomic mass is 32.1. The number of aliphatic hydroxyl groups is 2. The van der Waals surface area contributed by atoms with E-state index in [1.165, 1.54) is 11.3 Å². The van der Waals surface area contributed by atoms with Crippen LogP contribution in [0.5, 0.6) is 5.75 Å². The summed E-state index contributed by atoms with van der Waals surface area (Å²) in [6, 6.07) is 7.02. The smallest absolute Gasteiger partial charge is 0.196 e. The summed E-state index contributed by atoms with van der Waals surface area (Å²) in [5.74, 6) is 0.226. The Morgan fingerprint density at radius 1 is 1.25 bits per heavy atom. The van der Waals surface area contributed by atoms with Crippen LogP contribution in [0.2, 0.25) is 0 Å². The van der Waals surface area contributed by atoms with Crippen LogP contribution in [-0.4, -0.2) is 20.3 Å². The topological polar surface area (TPSA) is 73.6 Å². The Labute approximate surface area is 96.5 Å². The summed E-state index contributed by atoms with van der Waals surface area (Å²) in [6.45, 7) is 0. The van der Waals surface area contributed by atoms with Gasteiger partial charge in [-0.15, -0.1) is 11.3 Å². The van der Waals surface area contributed by atoms with Crippen molar-refractivity contribution in [2.24, 2.45) is 0 Å². The van der Waals surface area contributed by atoms with E-state index in [9.17, 15) is 5.11 Å². The summed E-state index contributed by atoms with van der Waals surface area (Å²) in [6.07, 6.45) is -1.04. The number of thiazole rings is 1. The zero-order valence-corrected chi connectivity index (χ0v) is 9.18. The Hall–Kier alpha value is -1.43. The van der Waals surface area contributed by atoms with E-state index < -0.39 is 6.29 Å². The second-order valence-corrected chi connectivity index (χ2v) is 4.29. The summed E-state index contributed by atoms with van der Waals surface area (Å²) >= 11 is 1.34. The van der Waals surface area contributed by atoms with Crippen LogP contribution in [0.25, 0.3) is 0 Å². The van der Waals surface area contributed by atoms with E-state index in [-0.39, 0.29) is 11.4 Å². The molecule has 1 aromatic heterocycles. The predicted octanol–water partition coefficient (Wildman–Crippen LogP) is 1.42. The minimum Gasteiger partial charge on any atom is -0.508 e. The van der Waals surface area contributed by atoms with Crippen LogP contribution in [-0.2, 0) is 6.42 Å². The summed E-state index contributed by atoms with van der Waals surface area (Å²) < 4.78 is 0. The average Bonchev–Trinajstić information content (AvgIpc) is 2.70. The Kier molecular flexibility index (Phi) is 3.19. The van der Waals surface area contributed by atoms with Gasteiger partial charge in [0.2, 0.25) is 0 Å². The Morgan fingerprint density at radius 3 is 2.62 bits per heavy atom. The first kappa shape index (κ1) is 11.1. The molecule has 0 aliphatic rings. The highest BCUT2D eigenvalue weighted by Crippen LogP contribution is 2.22. The van der Waals surface area contributed by atoms with E-state index in [2.05, 4.69) is 4.98 Å². The van der Waals surface area contributed by atoms with Gasteiger partial charge in [-0.05, 0) is 6.07 Å². The molecule has 0 aliphatic heterocycles. The van der Waals surface area contributed by atoms with Gasteiger partial charge in [0.15, 0.2) is 6.29 Å². The Balaban J connectivity index is 2.18. The number of aliphatic hydroxyl groups excluding tert-OH is 1. The third-order valence-electron chi connectivity index (χ3n) is 2.17. The molecule has 84 valence electrons. The molecule has 0 unspecified atom stereocenters. The van der Waals surface area contributed by atoms with Gasteiger partial charge in [0.25, 0.3) is 0 Å². The summed E-state index contributed by atoms with van der Waals surface area (Å²) in [5, 5.41) is 29.7. The van der Waals surface area contributed by atoms with E-state index in [0.29, 0.717) is 6.42 Å². The molecule has 1 heterocycles. The van der Waals surface area contributed by atoms with Crippen molar-refractivity contribution in [2.45, 2.75) is 12.7 Å². The van der Waals surface area contributed by atoms with Crippen LogP contribution in [0.3, 0.4) is 0 Å². The summed E-state index contributed by atoms with van der Waals surface area (Å²) in [7, 11) is 0. The van der Waals surface area contributed by atoms with Gasteiger partial charge >= 0.3 is 0 Å². The standard InChI is InChI=1S/C11H11NO3S/c13-9-4-2-1-3-7(9)5-10-12-8(6-16-10)11(14)15/h1-4,6,11,13-15H,5H2. The molecule has 0 bridgehead atoms. The fourth-order valence-corrected chi connectivity index (χ4v) is 2.18. The number of rotatable bonds is 3. The lowest BCUT2D eigenvalue weighted by atomic mass is 10.1. The van der Waals surface area contributed by atoms with Gasteiger partial charge in [0, 0.05) is 17.4 Å². The second-order valence-electron chi connectivity index (χ2n) is 3.35. The third kappa shape index (κ3) is 2.38. The normalized spacial score (nSPS) is 10.9. The zero-order valence-electron chi connectivity index (χ0n) is 8.37. The number of aromatic hydroxyl groups is 1. The summed E-state index contributed by atoms with van der Waals surface area (Å²) in [4.78, 5) is 4.05. The van der Waals surface area contributed by atoms with E-state index in [1.54, 1.807) is 17.5 Å². The van der Waals surface area contributed by atoms with Gasteiger partial charge in [-0.25, -0.2) is 4.98 Å². The van der Waals surface area contributed by atoms with Gasteiger partial charge in [-0.1, -0.05) is 18.2 Å². The van der Waals surface area contributed by atoms with Crippen molar-refractivity contribution in [1.82, 2.24) is 4.98 Å². The van der Waals surface area contributed by atoms with E-state index in [4.69, 9.17) is 10.2 Å². The van der Waals surface area contributed by atoms with E-state index >= 15 is 0 Å². The average molecular weight is 237 g/mol. The molecule has 5 heteroatoms. The molecule has 4 nitrogen and oxygen atoms in total. The van der Waals surface area contributed by atoms with Crippen molar-refractivity contribution < 1.29 is 15.3 Å². The first-order valence-electron chi connectivity index (χ1n) is 4.74. The fourth-order valence-electron chi connectivity index (χ4n) is 1.35. The van der Waals surface area contributed by atoms with Crippen molar-refractivity contribution in [3.05, 3.63) is 45.9 Å². The van der Waals surface area contributed by atoms with Crippen LogP contribution in [0.4, 0.5) is 0 Å². The lowest BCUT2D eigenvalue weighted by Crippen LogP contribution is -1.96. The van der Waals surface area contributed by atoms with Crippen LogP contribution >= 0.6 is 11.3 Å². The van der Waals surface area contributed by atoms with Crippen molar-refractivity contribution in [3.8, 4) is 5.75 Å². The molecular formula is C11H11NO3S. The number of hydrogen-bond donors (Lipinski definition) is 3. The quantitative estimate of drug-likeness (QED) is 0.706. The molecule has 3 N–H and O–H groups in total. The van der Waals surface area contributed by atoms with Crippen molar-refractivity contribution in [2.75, 3.05) is 0 Å². The lowest BCUT2D eigenvalue weighted by Gasteiger charge is -2.01. The predicted molar refractivity (Wildman–Crippen MR) is 60.2 cm³/mol. The van der Waals surface area contributed by atoms with E-state index in [0.717, 1.165) is 10.6 Å². The molecule has 0 saturated heterocycles. The zero-order chi connectivity index (χ0) is 11.5. The summed E-state index contributed by atoms with van der Waals surface area (Å²) in [5.41, 5.74) is 1.02. The minimum atomic E-state index is -1.53. The molecule has 1 aromatic carbocycles. The number of phenols is 1. The third-order valence-corrected chi connectivity index (χ3v) is 3.03. The number of aromatic nitrogens is 1. The Bertz CT molecular complexity index is 482. The molecule has 16 heavy (non-hydrogen) atoms.